The molecule has 146 valence electrons. The molecule has 4 rings (SSSR count). The molecular weight excluding hydrogens is 372 g/mol. The summed E-state index contributed by atoms with van der Waals surface area (Å²) in [5.74, 6) is 1.49. The van der Waals surface area contributed by atoms with Crippen LogP contribution < -0.4 is 25.4 Å². The highest BCUT2D eigenvalue weighted by Gasteiger charge is 2.13. The van der Waals surface area contributed by atoms with E-state index in [2.05, 4.69) is 20.9 Å². The first-order valence-electron chi connectivity index (χ1n) is 8.88. The molecule has 0 fully saturated rings. The third-order valence-electron chi connectivity index (χ3n) is 4.11. The van der Waals surface area contributed by atoms with E-state index in [1.165, 1.54) is 13.1 Å². The molecule has 0 saturated heterocycles. The Morgan fingerprint density at radius 2 is 1.69 bits per heavy atom. The second-order valence-electron chi connectivity index (χ2n) is 6.34. The van der Waals surface area contributed by atoms with Crippen LogP contribution in [0, 0.1) is 0 Å². The Hall–Kier alpha value is -4.07. The second kappa shape index (κ2) is 7.89. The monoisotopic (exact) mass is 390 g/mol. The van der Waals surface area contributed by atoms with Crippen molar-refractivity contribution in [2.45, 2.75) is 6.92 Å². The number of fused-ring (bicyclic) bond motifs is 1. The average molecular weight is 390 g/mol. The Morgan fingerprint density at radius 1 is 0.897 bits per heavy atom. The number of aromatic nitrogens is 1. The van der Waals surface area contributed by atoms with E-state index < -0.39 is 0 Å². The molecule has 29 heavy (non-hydrogen) atoms. The molecule has 0 saturated carbocycles. The first-order chi connectivity index (χ1) is 14.1. The van der Waals surface area contributed by atoms with Gasteiger partial charge in [0, 0.05) is 36.2 Å². The molecule has 2 aromatic carbocycles. The fourth-order valence-corrected chi connectivity index (χ4v) is 2.81. The first kappa shape index (κ1) is 18.3. The van der Waals surface area contributed by atoms with Gasteiger partial charge in [0.1, 0.15) is 5.82 Å². The maximum absolute atomic E-state index is 12.5. The predicted molar refractivity (Wildman–Crippen MR) is 109 cm³/mol. The highest BCUT2D eigenvalue weighted by molar-refractivity contribution is 6.04. The molecule has 3 aromatic rings. The van der Waals surface area contributed by atoms with Crippen LogP contribution in [-0.4, -0.2) is 23.6 Å². The van der Waals surface area contributed by atoms with Crippen LogP contribution in [0.3, 0.4) is 0 Å². The van der Waals surface area contributed by atoms with Crippen molar-refractivity contribution in [1.29, 1.82) is 0 Å². The van der Waals surface area contributed by atoms with Crippen molar-refractivity contribution in [3.63, 3.8) is 0 Å². The summed E-state index contributed by atoms with van der Waals surface area (Å²) in [6.07, 6.45) is 1.49. The van der Waals surface area contributed by atoms with E-state index in [-0.39, 0.29) is 18.6 Å². The Bertz CT molecular complexity index is 1070. The number of rotatable bonds is 5. The number of benzene rings is 2. The number of hydrogen-bond acceptors (Lipinski definition) is 6. The molecule has 0 radical (unpaired) electrons. The van der Waals surface area contributed by atoms with E-state index in [9.17, 15) is 9.59 Å². The zero-order valence-electron chi connectivity index (χ0n) is 15.6. The van der Waals surface area contributed by atoms with Crippen LogP contribution in [0.15, 0.2) is 60.8 Å². The van der Waals surface area contributed by atoms with E-state index in [1.807, 2.05) is 18.2 Å². The summed E-state index contributed by atoms with van der Waals surface area (Å²) in [7, 11) is 0. The van der Waals surface area contributed by atoms with E-state index >= 15 is 0 Å². The van der Waals surface area contributed by atoms with Crippen molar-refractivity contribution >= 4 is 34.7 Å². The van der Waals surface area contributed by atoms with Gasteiger partial charge in [-0.1, -0.05) is 6.07 Å². The minimum absolute atomic E-state index is 0.178. The topological polar surface area (TPSA) is 102 Å². The lowest BCUT2D eigenvalue weighted by Gasteiger charge is -2.09. The minimum atomic E-state index is -0.299. The third-order valence-corrected chi connectivity index (χ3v) is 4.11. The third kappa shape index (κ3) is 4.44. The van der Waals surface area contributed by atoms with E-state index in [4.69, 9.17) is 9.47 Å². The lowest BCUT2D eigenvalue weighted by Crippen LogP contribution is -2.13. The highest BCUT2D eigenvalue weighted by Crippen LogP contribution is 2.34. The number of amides is 2. The molecule has 2 heterocycles. The zero-order chi connectivity index (χ0) is 20.2. The molecule has 1 aliphatic rings. The van der Waals surface area contributed by atoms with Crippen LogP contribution in [0.2, 0.25) is 0 Å². The van der Waals surface area contributed by atoms with Gasteiger partial charge in [0.2, 0.25) is 12.7 Å². The Kier molecular flexibility index (Phi) is 4.98. The van der Waals surface area contributed by atoms with Gasteiger partial charge in [0.05, 0.1) is 5.56 Å². The maximum Gasteiger partial charge on any atom is 0.257 e. The molecule has 0 bridgehead atoms. The standard InChI is InChI=1S/C21H18N4O4/c1-13(26)23-15-3-2-4-16(9-15)25-21(27)14-5-8-20(22-11-14)24-17-6-7-18-19(10-17)29-12-28-18/h2-11H,12H2,1H3,(H,22,24)(H,23,26)(H,25,27). The zero-order valence-corrected chi connectivity index (χ0v) is 15.6. The number of nitrogens with one attached hydrogen (secondary N) is 3. The molecule has 3 N–H and O–H groups in total. The number of nitrogens with zero attached hydrogens (tertiary/aromatic N) is 1. The van der Waals surface area contributed by atoms with E-state index in [0.29, 0.717) is 34.3 Å². The number of anilines is 4. The molecule has 8 heteroatoms. The van der Waals surface area contributed by atoms with Gasteiger partial charge in [-0.05, 0) is 42.5 Å². The first-order valence-corrected chi connectivity index (χ1v) is 8.88. The normalized spacial score (nSPS) is 11.6. The molecule has 1 aliphatic heterocycles. The largest absolute Gasteiger partial charge is 0.454 e. The smallest absolute Gasteiger partial charge is 0.257 e. The molecule has 0 spiro atoms. The van der Waals surface area contributed by atoms with Crippen LogP contribution >= 0.6 is 0 Å². The quantitative estimate of drug-likeness (QED) is 0.613. The molecule has 2 amide bonds. The van der Waals surface area contributed by atoms with Gasteiger partial charge in [-0.25, -0.2) is 4.98 Å². The van der Waals surface area contributed by atoms with Crippen LogP contribution in [0.1, 0.15) is 17.3 Å². The van der Waals surface area contributed by atoms with E-state index in [1.54, 1.807) is 36.4 Å². The molecule has 0 atom stereocenters. The van der Waals surface area contributed by atoms with Crippen LogP contribution in [-0.2, 0) is 4.79 Å². The summed E-state index contributed by atoms with van der Waals surface area (Å²) in [4.78, 5) is 27.9. The van der Waals surface area contributed by atoms with Gasteiger partial charge in [0.25, 0.3) is 5.91 Å². The molecule has 0 unspecified atom stereocenters. The highest BCUT2D eigenvalue weighted by atomic mass is 16.7. The average Bonchev–Trinajstić information content (AvgIpc) is 3.16. The van der Waals surface area contributed by atoms with Crippen molar-refractivity contribution in [2.75, 3.05) is 22.7 Å². The fourth-order valence-electron chi connectivity index (χ4n) is 2.81. The Balaban J connectivity index is 1.41. The molecule has 1 aromatic heterocycles. The summed E-state index contributed by atoms with van der Waals surface area (Å²) in [5.41, 5.74) is 2.39. The lowest BCUT2D eigenvalue weighted by atomic mass is 10.2. The van der Waals surface area contributed by atoms with Gasteiger partial charge < -0.3 is 25.4 Å². The number of pyridine rings is 1. The van der Waals surface area contributed by atoms with Crippen molar-refractivity contribution in [1.82, 2.24) is 4.98 Å². The van der Waals surface area contributed by atoms with Gasteiger partial charge in [0.15, 0.2) is 11.5 Å². The summed E-state index contributed by atoms with van der Waals surface area (Å²) < 4.78 is 10.6. The second-order valence-corrected chi connectivity index (χ2v) is 6.34. The Morgan fingerprint density at radius 3 is 2.45 bits per heavy atom. The molecule has 8 nitrogen and oxygen atoms in total. The van der Waals surface area contributed by atoms with E-state index in [0.717, 1.165) is 5.69 Å². The van der Waals surface area contributed by atoms with Crippen molar-refractivity contribution in [2.24, 2.45) is 0 Å². The summed E-state index contributed by atoms with van der Waals surface area (Å²) in [5, 5.41) is 8.62. The van der Waals surface area contributed by atoms with Crippen molar-refractivity contribution in [3.05, 3.63) is 66.4 Å². The summed E-state index contributed by atoms with van der Waals surface area (Å²) >= 11 is 0. The van der Waals surface area contributed by atoms with Gasteiger partial charge in [-0.15, -0.1) is 0 Å². The number of carbonyl (C=O) groups is 2. The fraction of sp³-hybridized carbons (Fsp3) is 0.0952. The molecule has 0 aliphatic carbocycles. The van der Waals surface area contributed by atoms with Gasteiger partial charge >= 0.3 is 0 Å². The van der Waals surface area contributed by atoms with Gasteiger partial charge in [-0.3, -0.25) is 9.59 Å². The summed E-state index contributed by atoms with van der Waals surface area (Å²) in [6.45, 7) is 1.64. The molecular formula is C21H18N4O4. The maximum atomic E-state index is 12.5. The van der Waals surface area contributed by atoms with Crippen molar-refractivity contribution < 1.29 is 19.1 Å². The SMILES string of the molecule is CC(=O)Nc1cccc(NC(=O)c2ccc(Nc3ccc4c(c3)OCO4)nc2)c1. The van der Waals surface area contributed by atoms with Crippen LogP contribution in [0.25, 0.3) is 0 Å². The van der Waals surface area contributed by atoms with Crippen LogP contribution in [0.5, 0.6) is 11.5 Å². The minimum Gasteiger partial charge on any atom is -0.454 e. The number of ether oxygens (including phenoxy) is 2. The lowest BCUT2D eigenvalue weighted by molar-refractivity contribution is -0.114. The number of hydrogen-bond donors (Lipinski definition) is 3. The number of carbonyl (C=O) groups excluding carboxylic acids is 2. The Labute approximate surface area is 166 Å². The summed E-state index contributed by atoms with van der Waals surface area (Å²) in [6, 6.07) is 15.8. The van der Waals surface area contributed by atoms with Crippen LogP contribution in [0.4, 0.5) is 22.9 Å². The predicted octanol–water partition coefficient (Wildman–Crippen LogP) is 3.76. The van der Waals surface area contributed by atoms with Crippen molar-refractivity contribution in [3.8, 4) is 11.5 Å². The van der Waals surface area contributed by atoms with Gasteiger partial charge in [-0.2, -0.15) is 0 Å².